The summed E-state index contributed by atoms with van der Waals surface area (Å²) in [6.45, 7) is 0. The van der Waals surface area contributed by atoms with Gasteiger partial charge in [0.15, 0.2) is 11.6 Å². The van der Waals surface area contributed by atoms with Crippen LogP contribution in [0.3, 0.4) is 0 Å². The van der Waals surface area contributed by atoms with Crippen LogP contribution < -0.4 is 5.32 Å². The first-order valence-corrected chi connectivity index (χ1v) is 12.5. The predicted molar refractivity (Wildman–Crippen MR) is 138 cm³/mol. The van der Waals surface area contributed by atoms with Crippen molar-refractivity contribution in [1.29, 1.82) is 0 Å². The maximum Gasteiger partial charge on any atom is 0.199 e. The van der Waals surface area contributed by atoms with Crippen LogP contribution in [-0.2, 0) is 18.9 Å². The van der Waals surface area contributed by atoms with Crippen LogP contribution >= 0.6 is 11.3 Å². The van der Waals surface area contributed by atoms with Gasteiger partial charge >= 0.3 is 0 Å². The van der Waals surface area contributed by atoms with E-state index >= 15 is 0 Å². The number of thiophene rings is 1. The molecule has 4 aromatic heterocycles. The number of carbonyl (C=O) groups excluding carboxylic acids is 1. The number of nitrogens with one attached hydrogen (secondary N) is 1. The Kier molecular flexibility index (Phi) is 5.41. The van der Waals surface area contributed by atoms with Gasteiger partial charge in [0.1, 0.15) is 16.9 Å². The number of nitrogens with zero attached hydrogens (tertiary/aromatic N) is 6. The molecule has 0 amide bonds. The Morgan fingerprint density at radius 3 is 2.66 bits per heavy atom. The number of aromatic nitrogens is 6. The molecular weight excluding hydrogens is 458 g/mol. The molecule has 1 aromatic carbocycles. The van der Waals surface area contributed by atoms with Crippen LogP contribution in [0.2, 0.25) is 0 Å². The molecule has 0 bridgehead atoms. The van der Waals surface area contributed by atoms with E-state index in [9.17, 15) is 4.79 Å². The number of fused-ring (bicyclic) bond motifs is 1. The van der Waals surface area contributed by atoms with Crippen LogP contribution in [0.4, 0.5) is 5.82 Å². The molecule has 176 valence electrons. The molecule has 9 heteroatoms. The summed E-state index contributed by atoms with van der Waals surface area (Å²) in [6, 6.07) is 10.5. The van der Waals surface area contributed by atoms with Gasteiger partial charge in [-0.2, -0.15) is 0 Å². The van der Waals surface area contributed by atoms with Crippen molar-refractivity contribution in [2.24, 2.45) is 20.0 Å². The Bertz CT molecular complexity index is 1520. The van der Waals surface area contributed by atoms with Gasteiger partial charge in [0.2, 0.25) is 0 Å². The fraction of sp³-hybridized carbons (Fsp3) is 0.269. The Hall–Kier alpha value is -3.85. The van der Waals surface area contributed by atoms with Gasteiger partial charge in [-0.15, -0.1) is 11.3 Å². The summed E-state index contributed by atoms with van der Waals surface area (Å²) < 4.78 is 3.88. The van der Waals surface area contributed by atoms with E-state index in [-0.39, 0.29) is 12.0 Å². The lowest BCUT2D eigenvalue weighted by atomic mass is 10.0. The molecule has 0 spiro atoms. The second kappa shape index (κ2) is 8.74. The van der Waals surface area contributed by atoms with Gasteiger partial charge in [-0.3, -0.25) is 0 Å². The summed E-state index contributed by atoms with van der Waals surface area (Å²) >= 11 is 1.62. The molecule has 0 unspecified atom stereocenters. The van der Waals surface area contributed by atoms with Gasteiger partial charge in [-0.1, -0.05) is 30.3 Å². The number of anilines is 1. The normalized spacial score (nSPS) is 17.8. The molecule has 0 saturated heterocycles. The number of carbonyl (C=O) groups is 1. The molecule has 1 aliphatic carbocycles. The predicted octanol–water partition coefficient (Wildman–Crippen LogP) is 4.94. The summed E-state index contributed by atoms with van der Waals surface area (Å²) in [4.78, 5) is 32.5. The van der Waals surface area contributed by atoms with Crippen molar-refractivity contribution in [3.63, 3.8) is 0 Å². The van der Waals surface area contributed by atoms with Crippen LogP contribution in [0.25, 0.3) is 43.6 Å². The number of imidazole rings is 2. The molecule has 0 aliphatic heterocycles. The number of aldehydes is 1. The standard InChI is InChI=1S/C26H25N7OS/c1-32-13-19(28-15-32)22-20(17-6-4-3-5-7-17)21-23(29-18-9-8-16(12-18)14-34)30-24(31-26(21)35-22)25-27-10-11-33(25)2/h3-7,10-11,13-16,18H,8-9,12H2,1-2H3,(H,29,30,31)/t16-,18+/m0/s1. The third-order valence-electron chi connectivity index (χ3n) is 6.58. The lowest BCUT2D eigenvalue weighted by Gasteiger charge is -2.16. The van der Waals surface area contributed by atoms with E-state index in [4.69, 9.17) is 9.97 Å². The van der Waals surface area contributed by atoms with Gasteiger partial charge < -0.3 is 19.2 Å². The van der Waals surface area contributed by atoms with Gasteiger partial charge in [0, 0.05) is 50.2 Å². The lowest BCUT2D eigenvalue weighted by Crippen LogP contribution is -2.17. The third kappa shape index (κ3) is 3.91. The third-order valence-corrected chi connectivity index (χ3v) is 7.69. The zero-order valence-electron chi connectivity index (χ0n) is 19.5. The number of aryl methyl sites for hydroxylation is 2. The van der Waals surface area contributed by atoms with Crippen molar-refractivity contribution < 1.29 is 4.79 Å². The molecule has 2 atom stereocenters. The summed E-state index contributed by atoms with van der Waals surface area (Å²) in [5, 5.41) is 4.67. The average Bonchev–Trinajstić information content (AvgIpc) is 3.66. The van der Waals surface area contributed by atoms with Crippen molar-refractivity contribution in [2.45, 2.75) is 25.3 Å². The maximum absolute atomic E-state index is 11.4. The highest BCUT2D eigenvalue weighted by Crippen LogP contribution is 2.46. The lowest BCUT2D eigenvalue weighted by molar-refractivity contribution is -0.110. The summed E-state index contributed by atoms with van der Waals surface area (Å²) in [6.07, 6.45) is 11.2. The van der Waals surface area contributed by atoms with Crippen molar-refractivity contribution in [2.75, 3.05) is 5.32 Å². The van der Waals surface area contributed by atoms with Crippen molar-refractivity contribution >= 4 is 33.7 Å². The van der Waals surface area contributed by atoms with E-state index in [0.29, 0.717) is 11.6 Å². The summed E-state index contributed by atoms with van der Waals surface area (Å²) in [5.41, 5.74) is 3.07. The quantitative estimate of drug-likeness (QED) is 0.344. The van der Waals surface area contributed by atoms with Crippen LogP contribution in [0.5, 0.6) is 0 Å². The second-order valence-corrected chi connectivity index (χ2v) is 10.1. The molecule has 35 heavy (non-hydrogen) atoms. The van der Waals surface area contributed by atoms with Gasteiger partial charge in [0.05, 0.1) is 22.3 Å². The van der Waals surface area contributed by atoms with Crippen LogP contribution in [0, 0.1) is 5.92 Å². The van der Waals surface area contributed by atoms with Crippen molar-refractivity contribution in [3.05, 3.63) is 55.2 Å². The van der Waals surface area contributed by atoms with E-state index in [1.165, 1.54) is 0 Å². The highest BCUT2D eigenvalue weighted by Gasteiger charge is 2.28. The molecular formula is C26H25N7OS. The number of benzene rings is 1. The first kappa shape index (κ1) is 21.7. The van der Waals surface area contributed by atoms with Gasteiger partial charge in [0.25, 0.3) is 0 Å². The SMILES string of the molecule is Cn1cnc(-c2sc3nc(-c4nccn4C)nc(N[C@@H]4CC[C@H](C=O)C4)c3c2-c2ccccc2)c1. The molecule has 4 heterocycles. The smallest absolute Gasteiger partial charge is 0.199 e. The Labute approximate surface area is 206 Å². The molecule has 1 fully saturated rings. The van der Waals surface area contributed by atoms with Gasteiger partial charge in [-0.25, -0.2) is 19.9 Å². The minimum atomic E-state index is 0.0963. The van der Waals surface area contributed by atoms with Crippen molar-refractivity contribution in [3.8, 4) is 33.3 Å². The first-order chi connectivity index (χ1) is 17.1. The average molecular weight is 484 g/mol. The zero-order chi connectivity index (χ0) is 23.9. The maximum atomic E-state index is 11.4. The molecule has 8 nitrogen and oxygen atoms in total. The summed E-state index contributed by atoms with van der Waals surface area (Å²) in [5.74, 6) is 2.16. The molecule has 1 N–H and O–H groups in total. The van der Waals surface area contributed by atoms with Gasteiger partial charge in [-0.05, 0) is 24.8 Å². The fourth-order valence-electron chi connectivity index (χ4n) is 4.84. The summed E-state index contributed by atoms with van der Waals surface area (Å²) in [7, 11) is 3.92. The minimum Gasteiger partial charge on any atom is -0.367 e. The highest BCUT2D eigenvalue weighted by molar-refractivity contribution is 7.22. The number of rotatable bonds is 6. The fourth-order valence-corrected chi connectivity index (χ4v) is 6.00. The first-order valence-electron chi connectivity index (χ1n) is 11.7. The molecule has 1 aliphatic rings. The Morgan fingerprint density at radius 1 is 1.11 bits per heavy atom. The Balaban J connectivity index is 1.61. The molecule has 5 aromatic rings. The monoisotopic (exact) mass is 483 g/mol. The minimum absolute atomic E-state index is 0.0963. The topological polar surface area (TPSA) is 90.5 Å². The van der Waals surface area contributed by atoms with Crippen LogP contribution in [-0.4, -0.2) is 41.4 Å². The number of hydrogen-bond donors (Lipinski definition) is 1. The van der Waals surface area contributed by atoms with E-state index in [2.05, 4.69) is 27.4 Å². The van der Waals surface area contributed by atoms with E-state index in [1.54, 1.807) is 17.5 Å². The Morgan fingerprint density at radius 2 is 1.97 bits per heavy atom. The second-order valence-electron chi connectivity index (χ2n) is 9.08. The largest absolute Gasteiger partial charge is 0.367 e. The highest BCUT2D eigenvalue weighted by atomic mass is 32.1. The molecule has 1 saturated carbocycles. The van der Waals surface area contributed by atoms with Crippen LogP contribution in [0.15, 0.2) is 55.2 Å². The van der Waals surface area contributed by atoms with Crippen molar-refractivity contribution in [1.82, 2.24) is 29.1 Å². The van der Waals surface area contributed by atoms with E-state index in [0.717, 1.165) is 63.3 Å². The zero-order valence-corrected chi connectivity index (χ0v) is 20.4. The van der Waals surface area contributed by atoms with E-state index < -0.39 is 0 Å². The van der Waals surface area contributed by atoms with E-state index in [1.807, 2.05) is 60.1 Å². The van der Waals surface area contributed by atoms with Crippen LogP contribution in [0.1, 0.15) is 19.3 Å². The molecule has 6 rings (SSSR count). The number of hydrogen-bond acceptors (Lipinski definition) is 7. The molecule has 0 radical (unpaired) electrons.